The molecule has 0 saturated heterocycles. The first-order valence-electron chi connectivity index (χ1n) is 7.69. The first kappa shape index (κ1) is 14.4. The van der Waals surface area contributed by atoms with E-state index in [2.05, 4.69) is 22.5 Å². The fourth-order valence-corrected chi connectivity index (χ4v) is 4.26. The van der Waals surface area contributed by atoms with E-state index in [0.717, 1.165) is 23.1 Å². The standard InChI is InChI=1S/C17H16N2O3S/c20-15(19-17-18-13-3-1-2-4-14(13)23-17)9-22-16(21)12-8-10-5-6-11(12)7-10/h1-6,10-12H,7-9H2,(H,18,19,20)/t10-,11-,12+/m0/s1. The third-order valence-electron chi connectivity index (χ3n) is 4.47. The number of carbonyl (C=O) groups excluding carboxylic acids is 2. The third kappa shape index (κ3) is 2.86. The lowest BCUT2D eigenvalue weighted by molar-refractivity contribution is -0.152. The van der Waals surface area contributed by atoms with Crippen LogP contribution in [-0.2, 0) is 14.3 Å². The third-order valence-corrected chi connectivity index (χ3v) is 5.42. The van der Waals surface area contributed by atoms with Gasteiger partial charge >= 0.3 is 5.97 Å². The average Bonchev–Trinajstić information content (AvgIpc) is 3.26. The molecule has 5 nitrogen and oxygen atoms in total. The first-order valence-corrected chi connectivity index (χ1v) is 8.51. The van der Waals surface area contributed by atoms with Crippen LogP contribution in [0.25, 0.3) is 10.2 Å². The van der Waals surface area contributed by atoms with Gasteiger partial charge in [-0.1, -0.05) is 35.6 Å². The molecule has 1 aromatic carbocycles. The highest BCUT2D eigenvalue weighted by atomic mass is 32.1. The lowest BCUT2D eigenvalue weighted by Crippen LogP contribution is -2.26. The van der Waals surface area contributed by atoms with Gasteiger partial charge < -0.3 is 4.74 Å². The van der Waals surface area contributed by atoms with Crippen molar-refractivity contribution in [2.24, 2.45) is 17.8 Å². The van der Waals surface area contributed by atoms with Gasteiger partial charge in [-0.2, -0.15) is 0 Å². The number of nitrogens with zero attached hydrogens (tertiary/aromatic N) is 1. The van der Waals surface area contributed by atoms with Gasteiger partial charge in [0, 0.05) is 0 Å². The number of rotatable bonds is 4. The summed E-state index contributed by atoms with van der Waals surface area (Å²) in [5, 5.41) is 3.21. The maximum Gasteiger partial charge on any atom is 0.310 e. The van der Waals surface area contributed by atoms with E-state index in [1.54, 1.807) is 0 Å². The normalized spacial score (nSPS) is 25.0. The second-order valence-electron chi connectivity index (χ2n) is 6.03. The lowest BCUT2D eigenvalue weighted by atomic mass is 9.94. The molecule has 2 aliphatic carbocycles. The Kier molecular flexibility index (Phi) is 3.61. The summed E-state index contributed by atoms with van der Waals surface area (Å²) >= 11 is 1.40. The molecule has 1 aromatic heterocycles. The Morgan fingerprint density at radius 2 is 2.13 bits per heavy atom. The Morgan fingerprint density at radius 1 is 1.26 bits per heavy atom. The van der Waals surface area contributed by atoms with Gasteiger partial charge in [-0.05, 0) is 36.8 Å². The molecule has 23 heavy (non-hydrogen) atoms. The number of thiazole rings is 1. The zero-order valence-corrected chi connectivity index (χ0v) is 13.2. The molecular formula is C17H16N2O3S. The summed E-state index contributed by atoms with van der Waals surface area (Å²) in [6.07, 6.45) is 6.16. The minimum Gasteiger partial charge on any atom is -0.455 e. The van der Waals surface area contributed by atoms with Crippen LogP contribution in [0.15, 0.2) is 36.4 Å². The van der Waals surface area contributed by atoms with Crippen LogP contribution in [0.1, 0.15) is 12.8 Å². The molecule has 0 aliphatic heterocycles. The number of para-hydroxylation sites is 1. The van der Waals surface area contributed by atoms with E-state index in [4.69, 9.17) is 4.74 Å². The monoisotopic (exact) mass is 328 g/mol. The number of aromatic nitrogens is 1. The molecule has 1 N–H and O–H groups in total. The molecule has 1 saturated carbocycles. The predicted octanol–water partition coefficient (Wildman–Crippen LogP) is 2.99. The van der Waals surface area contributed by atoms with Gasteiger partial charge in [0.2, 0.25) is 0 Å². The van der Waals surface area contributed by atoms with Crippen molar-refractivity contribution in [1.82, 2.24) is 4.98 Å². The van der Waals surface area contributed by atoms with Gasteiger partial charge in [0.15, 0.2) is 11.7 Å². The van der Waals surface area contributed by atoms with Gasteiger partial charge in [-0.25, -0.2) is 4.98 Å². The van der Waals surface area contributed by atoms with E-state index in [-0.39, 0.29) is 24.4 Å². The van der Waals surface area contributed by atoms with Crippen molar-refractivity contribution in [2.45, 2.75) is 12.8 Å². The molecule has 0 unspecified atom stereocenters. The highest BCUT2D eigenvalue weighted by Crippen LogP contribution is 2.43. The first-order chi connectivity index (χ1) is 11.2. The molecule has 2 bridgehead atoms. The fourth-order valence-electron chi connectivity index (χ4n) is 3.38. The largest absolute Gasteiger partial charge is 0.455 e. The van der Waals surface area contributed by atoms with Crippen molar-refractivity contribution in [3.8, 4) is 0 Å². The number of fused-ring (bicyclic) bond motifs is 3. The second kappa shape index (κ2) is 5.77. The van der Waals surface area contributed by atoms with Crippen molar-refractivity contribution in [3.63, 3.8) is 0 Å². The Bertz CT molecular complexity index is 765. The molecule has 4 rings (SSSR count). The zero-order chi connectivity index (χ0) is 15.8. The van der Waals surface area contributed by atoms with Crippen LogP contribution in [0.5, 0.6) is 0 Å². The summed E-state index contributed by atoms with van der Waals surface area (Å²) < 4.78 is 6.19. The number of benzene rings is 1. The lowest BCUT2D eigenvalue weighted by Gasteiger charge is -2.16. The molecule has 0 spiro atoms. The Hall–Kier alpha value is -2.21. The molecule has 1 fully saturated rings. The number of hydrogen-bond donors (Lipinski definition) is 1. The summed E-state index contributed by atoms with van der Waals surface area (Å²) in [6.45, 7) is -0.258. The van der Waals surface area contributed by atoms with Gasteiger partial charge in [0.05, 0.1) is 16.1 Å². The number of esters is 1. The molecule has 2 aliphatic rings. The minimum atomic E-state index is -0.351. The fraction of sp³-hybridized carbons (Fsp3) is 0.353. The summed E-state index contributed by atoms with van der Waals surface area (Å²) in [4.78, 5) is 28.3. The van der Waals surface area contributed by atoms with E-state index < -0.39 is 0 Å². The van der Waals surface area contributed by atoms with E-state index in [1.165, 1.54) is 11.3 Å². The number of carbonyl (C=O) groups is 2. The number of hydrogen-bond acceptors (Lipinski definition) is 5. The molecule has 1 heterocycles. The summed E-state index contributed by atoms with van der Waals surface area (Å²) in [6, 6.07) is 7.67. The summed E-state index contributed by atoms with van der Waals surface area (Å²) in [5.41, 5.74) is 0.846. The summed E-state index contributed by atoms with van der Waals surface area (Å²) in [7, 11) is 0. The molecule has 2 aromatic rings. The van der Waals surface area contributed by atoms with E-state index in [1.807, 2.05) is 24.3 Å². The molecule has 0 radical (unpaired) electrons. The molecule has 3 atom stereocenters. The highest BCUT2D eigenvalue weighted by molar-refractivity contribution is 7.22. The van der Waals surface area contributed by atoms with Crippen LogP contribution in [0.2, 0.25) is 0 Å². The highest BCUT2D eigenvalue weighted by Gasteiger charge is 2.40. The van der Waals surface area contributed by atoms with Crippen LogP contribution in [0, 0.1) is 17.8 Å². The minimum absolute atomic E-state index is 0.0831. The van der Waals surface area contributed by atoms with Crippen molar-refractivity contribution in [2.75, 3.05) is 11.9 Å². The maximum absolute atomic E-state index is 12.1. The van der Waals surface area contributed by atoms with Crippen molar-refractivity contribution < 1.29 is 14.3 Å². The topological polar surface area (TPSA) is 68.3 Å². The predicted molar refractivity (Wildman–Crippen MR) is 88.1 cm³/mol. The quantitative estimate of drug-likeness (QED) is 0.692. The zero-order valence-electron chi connectivity index (χ0n) is 12.4. The van der Waals surface area contributed by atoms with E-state index in [0.29, 0.717) is 17.0 Å². The van der Waals surface area contributed by atoms with Crippen LogP contribution in [0.4, 0.5) is 5.13 Å². The number of allylic oxidation sites excluding steroid dienone is 2. The maximum atomic E-state index is 12.1. The van der Waals surface area contributed by atoms with Crippen molar-refractivity contribution in [3.05, 3.63) is 36.4 Å². The number of anilines is 1. The SMILES string of the molecule is O=C(COC(=O)[C@@H]1C[C@H]2C=C[C@H]1C2)Nc1nc2ccccc2s1. The van der Waals surface area contributed by atoms with Gasteiger partial charge in [-0.15, -0.1) is 0 Å². The molecular weight excluding hydrogens is 312 g/mol. The smallest absolute Gasteiger partial charge is 0.310 e. The number of amides is 1. The Morgan fingerprint density at radius 3 is 2.87 bits per heavy atom. The van der Waals surface area contributed by atoms with Crippen LogP contribution < -0.4 is 5.32 Å². The molecule has 118 valence electrons. The second-order valence-corrected chi connectivity index (χ2v) is 7.06. The Balaban J connectivity index is 1.31. The van der Waals surface area contributed by atoms with Gasteiger partial charge in [0.1, 0.15) is 0 Å². The molecule has 6 heteroatoms. The Labute approximate surface area is 137 Å². The van der Waals surface area contributed by atoms with Gasteiger partial charge in [0.25, 0.3) is 5.91 Å². The van der Waals surface area contributed by atoms with Gasteiger partial charge in [-0.3, -0.25) is 14.9 Å². The number of nitrogens with one attached hydrogen (secondary N) is 1. The van der Waals surface area contributed by atoms with E-state index in [9.17, 15) is 9.59 Å². The average molecular weight is 328 g/mol. The van der Waals surface area contributed by atoms with E-state index >= 15 is 0 Å². The van der Waals surface area contributed by atoms with Crippen LogP contribution >= 0.6 is 11.3 Å². The summed E-state index contributed by atoms with van der Waals surface area (Å²) in [5.74, 6) is 0.103. The number of ether oxygens (including phenoxy) is 1. The van der Waals surface area contributed by atoms with Crippen LogP contribution in [-0.4, -0.2) is 23.5 Å². The molecule has 1 amide bonds. The van der Waals surface area contributed by atoms with Crippen LogP contribution in [0.3, 0.4) is 0 Å². The van der Waals surface area contributed by atoms with Crippen molar-refractivity contribution >= 4 is 38.6 Å². The van der Waals surface area contributed by atoms with Crippen molar-refractivity contribution in [1.29, 1.82) is 0 Å².